The van der Waals surface area contributed by atoms with Crippen LogP contribution in [0.3, 0.4) is 0 Å². The lowest BCUT2D eigenvalue weighted by molar-refractivity contribution is 0.0522. The maximum atomic E-state index is 11.9. The zero-order valence-corrected chi connectivity index (χ0v) is 12.2. The molecule has 110 valence electrons. The van der Waals surface area contributed by atoms with Crippen LogP contribution < -0.4 is 10.9 Å². The Morgan fingerprint density at radius 1 is 1.29 bits per heavy atom. The second-order valence-electron chi connectivity index (χ2n) is 4.65. The molecule has 1 aromatic heterocycles. The molecule has 0 aliphatic carbocycles. The molecule has 21 heavy (non-hydrogen) atoms. The van der Waals surface area contributed by atoms with Crippen molar-refractivity contribution in [2.45, 2.75) is 20.8 Å². The van der Waals surface area contributed by atoms with Crippen LogP contribution in [0, 0.1) is 13.8 Å². The van der Waals surface area contributed by atoms with Gasteiger partial charge in [-0.25, -0.2) is 9.59 Å². The fourth-order valence-corrected chi connectivity index (χ4v) is 1.99. The largest absolute Gasteiger partial charge is 0.462 e. The predicted molar refractivity (Wildman–Crippen MR) is 80.1 cm³/mol. The van der Waals surface area contributed by atoms with Crippen LogP contribution in [0.5, 0.6) is 0 Å². The highest BCUT2D eigenvalue weighted by molar-refractivity contribution is 5.96. The molecule has 2 aromatic rings. The highest BCUT2D eigenvalue weighted by Gasteiger charge is 2.20. The van der Waals surface area contributed by atoms with Gasteiger partial charge < -0.3 is 14.5 Å². The van der Waals surface area contributed by atoms with Gasteiger partial charge in [0.05, 0.1) is 12.3 Å². The highest BCUT2D eigenvalue weighted by atomic mass is 16.5. The lowest BCUT2D eigenvalue weighted by Gasteiger charge is -2.11. The quantitative estimate of drug-likeness (QED) is 0.875. The summed E-state index contributed by atoms with van der Waals surface area (Å²) in [4.78, 5) is 23.9. The Kier molecular flexibility index (Phi) is 4.42. The molecule has 0 aliphatic rings. The Balaban J connectivity index is 2.46. The molecular formula is C16H17NO4. The van der Waals surface area contributed by atoms with Gasteiger partial charge in [-0.3, -0.25) is 0 Å². The van der Waals surface area contributed by atoms with Gasteiger partial charge in [-0.05, 0) is 38.5 Å². The molecule has 2 rings (SSSR count). The van der Waals surface area contributed by atoms with Crippen LogP contribution in [0.4, 0.5) is 11.4 Å². The summed E-state index contributed by atoms with van der Waals surface area (Å²) in [5, 5.41) is 3.07. The summed E-state index contributed by atoms with van der Waals surface area (Å²) in [6.45, 7) is 5.48. The number of esters is 1. The third-order valence-electron chi connectivity index (χ3n) is 2.85. The number of hydrogen-bond acceptors (Lipinski definition) is 5. The van der Waals surface area contributed by atoms with Crippen molar-refractivity contribution in [1.29, 1.82) is 0 Å². The number of rotatable bonds is 4. The Labute approximate surface area is 122 Å². The van der Waals surface area contributed by atoms with Crippen molar-refractivity contribution < 1.29 is 13.9 Å². The van der Waals surface area contributed by atoms with E-state index in [2.05, 4.69) is 5.32 Å². The van der Waals surface area contributed by atoms with E-state index in [1.54, 1.807) is 19.9 Å². The molecule has 0 saturated heterocycles. The van der Waals surface area contributed by atoms with E-state index in [4.69, 9.17) is 9.15 Å². The number of hydrogen-bond donors (Lipinski definition) is 1. The minimum Gasteiger partial charge on any atom is -0.462 e. The van der Waals surface area contributed by atoms with Gasteiger partial charge in [-0.2, -0.15) is 0 Å². The molecule has 1 N–H and O–H groups in total. The molecule has 5 heteroatoms. The van der Waals surface area contributed by atoms with E-state index in [0.29, 0.717) is 11.4 Å². The van der Waals surface area contributed by atoms with E-state index in [1.165, 1.54) is 0 Å². The van der Waals surface area contributed by atoms with Crippen LogP contribution in [-0.4, -0.2) is 12.6 Å². The minimum absolute atomic E-state index is 0.121. The Hall–Kier alpha value is -2.56. The van der Waals surface area contributed by atoms with Gasteiger partial charge in [0.15, 0.2) is 5.56 Å². The summed E-state index contributed by atoms with van der Waals surface area (Å²) in [6, 6.07) is 9.22. The number of ether oxygens (including phenoxy) is 1. The standard InChI is InChI=1S/C16H17NO4/c1-4-20-15(18)14-13(9-11(3)21-16(14)19)17-12-7-5-6-10(2)8-12/h5-9,17H,4H2,1-3H3. The molecule has 0 radical (unpaired) electrons. The van der Waals surface area contributed by atoms with Gasteiger partial charge >= 0.3 is 11.6 Å². The first-order valence-corrected chi connectivity index (χ1v) is 6.67. The average molecular weight is 287 g/mol. The zero-order valence-electron chi connectivity index (χ0n) is 12.2. The highest BCUT2D eigenvalue weighted by Crippen LogP contribution is 2.21. The summed E-state index contributed by atoms with van der Waals surface area (Å²) < 4.78 is 9.89. The lowest BCUT2D eigenvalue weighted by atomic mass is 10.2. The fourth-order valence-electron chi connectivity index (χ4n) is 1.99. The van der Waals surface area contributed by atoms with Crippen molar-refractivity contribution in [1.82, 2.24) is 0 Å². The molecule has 0 aliphatic heterocycles. The van der Waals surface area contributed by atoms with Crippen molar-refractivity contribution in [2.75, 3.05) is 11.9 Å². The Bertz CT molecular complexity index is 718. The average Bonchev–Trinajstić information content (AvgIpc) is 2.38. The van der Waals surface area contributed by atoms with Gasteiger partial charge in [0, 0.05) is 11.8 Å². The molecule has 0 amide bonds. The van der Waals surface area contributed by atoms with Crippen molar-refractivity contribution in [2.24, 2.45) is 0 Å². The van der Waals surface area contributed by atoms with Crippen molar-refractivity contribution in [3.8, 4) is 0 Å². The van der Waals surface area contributed by atoms with Crippen molar-refractivity contribution >= 4 is 17.3 Å². The van der Waals surface area contributed by atoms with Gasteiger partial charge in [0.1, 0.15) is 5.76 Å². The summed E-state index contributed by atoms with van der Waals surface area (Å²) in [7, 11) is 0. The molecule has 0 fully saturated rings. The third kappa shape index (κ3) is 3.51. The van der Waals surface area contributed by atoms with E-state index in [9.17, 15) is 9.59 Å². The molecule has 0 unspecified atom stereocenters. The number of benzene rings is 1. The van der Waals surface area contributed by atoms with E-state index < -0.39 is 11.6 Å². The van der Waals surface area contributed by atoms with Crippen molar-refractivity contribution in [3.63, 3.8) is 0 Å². The van der Waals surface area contributed by atoms with Crippen LogP contribution in [0.1, 0.15) is 28.6 Å². The second kappa shape index (κ2) is 6.26. The van der Waals surface area contributed by atoms with Gasteiger partial charge in [0.2, 0.25) is 0 Å². The van der Waals surface area contributed by atoms with E-state index in [1.807, 2.05) is 31.2 Å². The molecular weight excluding hydrogens is 270 g/mol. The molecule has 1 aromatic carbocycles. The normalized spacial score (nSPS) is 10.2. The van der Waals surface area contributed by atoms with E-state index in [-0.39, 0.29) is 12.2 Å². The Morgan fingerprint density at radius 3 is 2.71 bits per heavy atom. The van der Waals surface area contributed by atoms with E-state index >= 15 is 0 Å². The third-order valence-corrected chi connectivity index (χ3v) is 2.85. The fraction of sp³-hybridized carbons (Fsp3) is 0.250. The molecule has 0 saturated carbocycles. The van der Waals surface area contributed by atoms with Gasteiger partial charge in [0.25, 0.3) is 0 Å². The first kappa shape index (κ1) is 14.8. The van der Waals surface area contributed by atoms with Gasteiger partial charge in [-0.1, -0.05) is 12.1 Å². The summed E-state index contributed by atoms with van der Waals surface area (Å²) in [5.74, 6) is -0.274. The first-order chi connectivity index (χ1) is 10.0. The topological polar surface area (TPSA) is 68.5 Å². The number of aryl methyl sites for hydroxylation is 2. The number of nitrogens with one attached hydrogen (secondary N) is 1. The zero-order chi connectivity index (χ0) is 15.4. The second-order valence-corrected chi connectivity index (χ2v) is 4.65. The maximum absolute atomic E-state index is 11.9. The summed E-state index contributed by atoms with van der Waals surface area (Å²) in [5.41, 5.74) is 1.41. The molecule has 0 spiro atoms. The number of anilines is 2. The molecule has 0 bridgehead atoms. The van der Waals surface area contributed by atoms with Gasteiger partial charge in [-0.15, -0.1) is 0 Å². The van der Waals surface area contributed by atoms with Crippen LogP contribution in [0.2, 0.25) is 0 Å². The molecule has 0 atom stereocenters. The van der Waals surface area contributed by atoms with E-state index in [0.717, 1.165) is 11.3 Å². The summed E-state index contributed by atoms with van der Waals surface area (Å²) >= 11 is 0. The summed E-state index contributed by atoms with van der Waals surface area (Å²) in [6.07, 6.45) is 0. The first-order valence-electron chi connectivity index (χ1n) is 6.67. The molecule has 5 nitrogen and oxygen atoms in total. The Morgan fingerprint density at radius 2 is 2.05 bits per heavy atom. The smallest absolute Gasteiger partial charge is 0.352 e. The monoisotopic (exact) mass is 287 g/mol. The van der Waals surface area contributed by atoms with Crippen molar-refractivity contribution in [3.05, 3.63) is 57.6 Å². The maximum Gasteiger partial charge on any atom is 0.352 e. The molecule has 1 heterocycles. The number of carbonyl (C=O) groups is 1. The van der Waals surface area contributed by atoms with Crippen LogP contribution >= 0.6 is 0 Å². The van der Waals surface area contributed by atoms with Crippen LogP contribution in [0.15, 0.2) is 39.5 Å². The SMILES string of the molecule is CCOC(=O)c1c(Nc2cccc(C)c2)cc(C)oc1=O. The lowest BCUT2D eigenvalue weighted by Crippen LogP contribution is -2.19. The minimum atomic E-state index is -0.705. The van der Waals surface area contributed by atoms with Crippen LogP contribution in [0.25, 0.3) is 0 Å². The number of carbonyl (C=O) groups excluding carboxylic acids is 1. The predicted octanol–water partition coefficient (Wildman–Crippen LogP) is 3.18. The van der Waals surface area contributed by atoms with Crippen LogP contribution in [-0.2, 0) is 4.74 Å².